The molecule has 2 amide bonds. The highest BCUT2D eigenvalue weighted by Gasteiger charge is 2.30. The highest BCUT2D eigenvalue weighted by atomic mass is 19.4. The van der Waals surface area contributed by atoms with Gasteiger partial charge in [-0.05, 0) is 60.9 Å². The summed E-state index contributed by atoms with van der Waals surface area (Å²) < 4.78 is 37.6. The third-order valence-electron chi connectivity index (χ3n) is 3.89. The van der Waals surface area contributed by atoms with Crippen LogP contribution in [0.15, 0.2) is 48.5 Å². The molecule has 2 aromatic carbocycles. The molecule has 0 aromatic heterocycles. The largest absolute Gasteiger partial charge is 0.416 e. The SMILES string of the molecule is CC(C)CCNC(=O)c1ccc(C(=O)Nc2ccc(C(F)(F)F)cc2)cc1. The third kappa shape index (κ3) is 6.13. The van der Waals surface area contributed by atoms with Gasteiger partial charge < -0.3 is 10.6 Å². The minimum absolute atomic E-state index is 0.217. The molecule has 2 rings (SSSR count). The third-order valence-corrected chi connectivity index (χ3v) is 3.89. The van der Waals surface area contributed by atoms with Crippen molar-refractivity contribution in [3.05, 3.63) is 65.2 Å². The van der Waals surface area contributed by atoms with Crippen LogP contribution in [-0.4, -0.2) is 18.4 Å². The molecule has 0 saturated carbocycles. The van der Waals surface area contributed by atoms with E-state index in [0.717, 1.165) is 18.6 Å². The first kappa shape index (κ1) is 20.5. The lowest BCUT2D eigenvalue weighted by Gasteiger charge is -2.10. The number of halogens is 3. The van der Waals surface area contributed by atoms with E-state index in [1.54, 1.807) is 0 Å². The molecule has 4 nitrogen and oxygen atoms in total. The zero-order valence-corrected chi connectivity index (χ0v) is 15.1. The normalized spacial score (nSPS) is 11.3. The second-order valence-electron chi connectivity index (χ2n) is 6.55. The number of amides is 2. The quantitative estimate of drug-likeness (QED) is 0.763. The lowest BCUT2D eigenvalue weighted by atomic mass is 10.1. The molecule has 27 heavy (non-hydrogen) atoms. The molecule has 2 N–H and O–H groups in total. The molecule has 0 unspecified atom stereocenters. The Labute approximate surface area is 155 Å². The van der Waals surface area contributed by atoms with Gasteiger partial charge in [-0.2, -0.15) is 13.2 Å². The van der Waals surface area contributed by atoms with E-state index >= 15 is 0 Å². The van der Waals surface area contributed by atoms with Gasteiger partial charge in [0.05, 0.1) is 5.56 Å². The average Bonchev–Trinajstić information content (AvgIpc) is 2.61. The number of carbonyl (C=O) groups is 2. The fraction of sp³-hybridized carbons (Fsp3) is 0.300. The Morgan fingerprint density at radius 2 is 1.41 bits per heavy atom. The van der Waals surface area contributed by atoms with Crippen LogP contribution in [0.3, 0.4) is 0 Å². The van der Waals surface area contributed by atoms with E-state index < -0.39 is 17.6 Å². The second kappa shape index (κ2) is 8.70. The molecule has 0 bridgehead atoms. The van der Waals surface area contributed by atoms with Crippen LogP contribution < -0.4 is 10.6 Å². The average molecular weight is 378 g/mol. The number of anilines is 1. The molecule has 0 aliphatic carbocycles. The summed E-state index contributed by atoms with van der Waals surface area (Å²) in [5.41, 5.74) is 0.204. The van der Waals surface area contributed by atoms with E-state index in [9.17, 15) is 22.8 Å². The summed E-state index contributed by atoms with van der Waals surface area (Å²) in [4.78, 5) is 24.2. The van der Waals surface area contributed by atoms with Crippen molar-refractivity contribution in [3.8, 4) is 0 Å². The van der Waals surface area contributed by atoms with Gasteiger partial charge in [-0.1, -0.05) is 13.8 Å². The van der Waals surface area contributed by atoms with Gasteiger partial charge in [-0.25, -0.2) is 0 Å². The van der Waals surface area contributed by atoms with E-state index in [2.05, 4.69) is 24.5 Å². The van der Waals surface area contributed by atoms with Gasteiger partial charge in [0.15, 0.2) is 0 Å². The lowest BCUT2D eigenvalue weighted by molar-refractivity contribution is -0.137. The number of rotatable bonds is 6. The molecular weight excluding hydrogens is 357 g/mol. The van der Waals surface area contributed by atoms with Crippen LogP contribution >= 0.6 is 0 Å². The standard InChI is InChI=1S/C20H21F3N2O2/c1-13(2)11-12-24-18(26)14-3-5-15(6-4-14)19(27)25-17-9-7-16(8-10-17)20(21,22)23/h3-10,13H,11-12H2,1-2H3,(H,24,26)(H,25,27). The van der Waals surface area contributed by atoms with E-state index in [-0.39, 0.29) is 11.6 Å². The van der Waals surface area contributed by atoms with Crippen LogP contribution in [0.2, 0.25) is 0 Å². The summed E-state index contributed by atoms with van der Waals surface area (Å²) in [5.74, 6) is -0.201. The number of hydrogen-bond donors (Lipinski definition) is 2. The first-order valence-electron chi connectivity index (χ1n) is 8.53. The van der Waals surface area contributed by atoms with Crippen LogP contribution in [0.25, 0.3) is 0 Å². The molecule has 2 aromatic rings. The van der Waals surface area contributed by atoms with Gasteiger partial charge in [0.1, 0.15) is 0 Å². The van der Waals surface area contributed by atoms with Crippen molar-refractivity contribution in [3.63, 3.8) is 0 Å². The molecule has 7 heteroatoms. The Kier molecular flexibility index (Phi) is 6.60. The topological polar surface area (TPSA) is 58.2 Å². The van der Waals surface area contributed by atoms with Gasteiger partial charge in [-0.3, -0.25) is 9.59 Å². The summed E-state index contributed by atoms with van der Waals surface area (Å²) in [6.45, 7) is 4.71. The molecule has 0 aliphatic heterocycles. The summed E-state index contributed by atoms with van der Waals surface area (Å²) in [6.07, 6.45) is -3.55. The molecule has 0 saturated heterocycles. The van der Waals surface area contributed by atoms with Gasteiger partial charge in [0.25, 0.3) is 11.8 Å². The predicted octanol–water partition coefficient (Wildman–Crippen LogP) is 4.73. The first-order valence-corrected chi connectivity index (χ1v) is 8.53. The van der Waals surface area contributed by atoms with Crippen molar-refractivity contribution in [2.45, 2.75) is 26.4 Å². The minimum Gasteiger partial charge on any atom is -0.352 e. The van der Waals surface area contributed by atoms with Crippen molar-refractivity contribution in [2.75, 3.05) is 11.9 Å². The van der Waals surface area contributed by atoms with Gasteiger partial charge in [0, 0.05) is 23.4 Å². The molecule has 0 atom stereocenters. The molecule has 0 heterocycles. The summed E-state index contributed by atoms with van der Waals surface area (Å²) in [7, 11) is 0. The number of benzene rings is 2. The monoisotopic (exact) mass is 378 g/mol. The van der Waals surface area contributed by atoms with Crippen LogP contribution in [0, 0.1) is 5.92 Å². The van der Waals surface area contributed by atoms with E-state index in [1.165, 1.54) is 36.4 Å². The Hall–Kier alpha value is -2.83. The summed E-state index contributed by atoms with van der Waals surface area (Å²) in [6, 6.07) is 10.3. The van der Waals surface area contributed by atoms with Crippen LogP contribution in [-0.2, 0) is 6.18 Å². The van der Waals surface area contributed by atoms with Gasteiger partial charge in [-0.15, -0.1) is 0 Å². The van der Waals surface area contributed by atoms with E-state index in [1.807, 2.05) is 0 Å². The zero-order chi connectivity index (χ0) is 20.0. The van der Waals surface area contributed by atoms with Gasteiger partial charge in [0.2, 0.25) is 0 Å². The fourth-order valence-electron chi connectivity index (χ4n) is 2.30. The maximum absolute atomic E-state index is 12.5. The number of hydrogen-bond acceptors (Lipinski definition) is 2. The second-order valence-corrected chi connectivity index (χ2v) is 6.55. The predicted molar refractivity (Wildman–Crippen MR) is 97.6 cm³/mol. The molecule has 0 fully saturated rings. The van der Waals surface area contributed by atoms with Crippen molar-refractivity contribution < 1.29 is 22.8 Å². The van der Waals surface area contributed by atoms with Crippen molar-refractivity contribution in [1.29, 1.82) is 0 Å². The minimum atomic E-state index is -4.42. The van der Waals surface area contributed by atoms with Crippen LogP contribution in [0.4, 0.5) is 18.9 Å². The van der Waals surface area contributed by atoms with Crippen LogP contribution in [0.5, 0.6) is 0 Å². The van der Waals surface area contributed by atoms with Crippen molar-refractivity contribution >= 4 is 17.5 Å². The number of nitrogens with one attached hydrogen (secondary N) is 2. The smallest absolute Gasteiger partial charge is 0.352 e. The Balaban J connectivity index is 1.96. The fourth-order valence-corrected chi connectivity index (χ4v) is 2.30. The maximum Gasteiger partial charge on any atom is 0.416 e. The van der Waals surface area contributed by atoms with E-state index in [4.69, 9.17) is 0 Å². The summed E-state index contributed by atoms with van der Waals surface area (Å²) in [5, 5.41) is 5.33. The van der Waals surface area contributed by atoms with Crippen molar-refractivity contribution in [1.82, 2.24) is 5.32 Å². The highest BCUT2D eigenvalue weighted by Crippen LogP contribution is 2.29. The summed E-state index contributed by atoms with van der Waals surface area (Å²) >= 11 is 0. The highest BCUT2D eigenvalue weighted by molar-refractivity contribution is 6.05. The molecule has 0 spiro atoms. The van der Waals surface area contributed by atoms with Crippen LogP contribution in [0.1, 0.15) is 46.5 Å². The van der Waals surface area contributed by atoms with Gasteiger partial charge >= 0.3 is 6.18 Å². The Morgan fingerprint density at radius 3 is 1.89 bits per heavy atom. The number of carbonyl (C=O) groups excluding carboxylic acids is 2. The van der Waals surface area contributed by atoms with Crippen molar-refractivity contribution in [2.24, 2.45) is 5.92 Å². The zero-order valence-electron chi connectivity index (χ0n) is 15.1. The Bertz CT molecular complexity index is 782. The molecule has 0 radical (unpaired) electrons. The molecule has 0 aliphatic rings. The van der Waals surface area contributed by atoms with E-state index in [0.29, 0.717) is 23.6 Å². The molecule has 144 valence electrons. The molecular formula is C20H21F3N2O2. The lowest BCUT2D eigenvalue weighted by Crippen LogP contribution is -2.25. The Morgan fingerprint density at radius 1 is 0.889 bits per heavy atom. The number of alkyl halides is 3. The first-order chi connectivity index (χ1) is 12.7. The maximum atomic E-state index is 12.5.